The molecule has 1 aliphatic heterocycles. The highest BCUT2D eigenvalue weighted by Gasteiger charge is 2.58. The minimum Gasteiger partial charge on any atom is -0.493 e. The van der Waals surface area contributed by atoms with E-state index in [0.29, 0.717) is 43.0 Å². The van der Waals surface area contributed by atoms with Gasteiger partial charge in [0.2, 0.25) is 0 Å². The second-order valence-electron chi connectivity index (χ2n) is 9.50. The molecule has 1 saturated heterocycles. The van der Waals surface area contributed by atoms with Gasteiger partial charge in [0, 0.05) is 12.1 Å². The van der Waals surface area contributed by atoms with Gasteiger partial charge in [-0.1, -0.05) is 0 Å². The fraction of sp³-hybridized carbons (Fsp3) is 0.696. The first-order valence-electron chi connectivity index (χ1n) is 11.4. The fourth-order valence-corrected chi connectivity index (χ4v) is 4.68. The maximum absolute atomic E-state index is 14.2. The second kappa shape index (κ2) is 9.35. The van der Waals surface area contributed by atoms with Crippen LogP contribution in [-0.2, 0) is 0 Å². The number of likely N-dealkylation sites (tertiary alicyclic amines) is 1. The molecule has 10 heteroatoms. The van der Waals surface area contributed by atoms with E-state index in [2.05, 4.69) is 5.32 Å². The number of benzene rings is 1. The number of ether oxygens (including phenoxy) is 1. The van der Waals surface area contributed by atoms with Gasteiger partial charge in [0.25, 0.3) is 5.91 Å². The van der Waals surface area contributed by atoms with Crippen LogP contribution in [0.2, 0.25) is 0 Å². The summed E-state index contributed by atoms with van der Waals surface area (Å²) in [7, 11) is 0. The molecule has 2 aliphatic carbocycles. The Morgan fingerprint density at radius 2 is 1.79 bits per heavy atom. The van der Waals surface area contributed by atoms with Gasteiger partial charge in [-0.3, -0.25) is 9.69 Å². The highest BCUT2D eigenvalue weighted by atomic mass is 19.4. The predicted molar refractivity (Wildman–Crippen MR) is 109 cm³/mol. The van der Waals surface area contributed by atoms with Crippen LogP contribution in [-0.4, -0.2) is 55.2 Å². The quantitative estimate of drug-likeness (QED) is 0.506. The first-order valence-corrected chi connectivity index (χ1v) is 11.4. The average Bonchev–Trinajstić information content (AvgIpc) is 3.64. The van der Waals surface area contributed by atoms with Crippen LogP contribution in [0.25, 0.3) is 0 Å². The summed E-state index contributed by atoms with van der Waals surface area (Å²) in [5, 5.41) is 2.74. The number of amides is 1. The molecular weight excluding hydrogens is 450 g/mol. The van der Waals surface area contributed by atoms with Crippen LogP contribution in [0.3, 0.4) is 0 Å². The van der Waals surface area contributed by atoms with E-state index in [1.165, 1.54) is 17.0 Å². The molecule has 0 unspecified atom stereocenters. The van der Waals surface area contributed by atoms with Crippen molar-refractivity contribution in [3.63, 3.8) is 0 Å². The van der Waals surface area contributed by atoms with E-state index in [-0.39, 0.29) is 24.7 Å². The van der Waals surface area contributed by atoms with Crippen LogP contribution in [0.1, 0.15) is 48.9 Å². The fourth-order valence-electron chi connectivity index (χ4n) is 4.68. The van der Waals surface area contributed by atoms with Gasteiger partial charge in [-0.2, -0.15) is 22.0 Å². The summed E-state index contributed by atoms with van der Waals surface area (Å²) in [4.78, 5) is 13.2. The third-order valence-electron chi connectivity index (χ3n) is 6.91. The van der Waals surface area contributed by atoms with Crippen LogP contribution >= 0.6 is 0 Å². The van der Waals surface area contributed by atoms with Gasteiger partial charge in [0.05, 0.1) is 18.7 Å². The van der Waals surface area contributed by atoms with Gasteiger partial charge in [-0.25, -0.2) is 4.39 Å². The summed E-state index contributed by atoms with van der Waals surface area (Å²) in [6.45, 7) is -0.389. The molecule has 0 radical (unpaired) electrons. The number of hydrogen-bond donors (Lipinski definition) is 1. The summed E-state index contributed by atoms with van der Waals surface area (Å²) in [5.74, 6) is -4.19. The Balaban J connectivity index is 1.15. The lowest BCUT2D eigenvalue weighted by Crippen LogP contribution is -2.49. The molecule has 33 heavy (non-hydrogen) atoms. The van der Waals surface area contributed by atoms with Crippen molar-refractivity contribution >= 4 is 5.91 Å². The molecule has 0 aromatic heterocycles. The Hall–Kier alpha value is -1.97. The smallest absolute Gasteiger partial charge is 0.454 e. The zero-order valence-electron chi connectivity index (χ0n) is 18.1. The van der Waals surface area contributed by atoms with Gasteiger partial charge in [0.1, 0.15) is 11.6 Å². The third kappa shape index (κ3) is 6.13. The van der Waals surface area contributed by atoms with Crippen molar-refractivity contribution in [1.82, 2.24) is 10.2 Å². The van der Waals surface area contributed by atoms with E-state index in [4.69, 9.17) is 4.74 Å². The lowest BCUT2D eigenvalue weighted by molar-refractivity contribution is -0.287. The van der Waals surface area contributed by atoms with E-state index < -0.39 is 30.4 Å². The predicted octanol–water partition coefficient (Wildman–Crippen LogP) is 5.03. The van der Waals surface area contributed by atoms with E-state index in [1.54, 1.807) is 6.07 Å². The summed E-state index contributed by atoms with van der Waals surface area (Å²) in [5.41, 5.74) is -0.00385. The van der Waals surface area contributed by atoms with Crippen molar-refractivity contribution in [3.8, 4) is 5.75 Å². The van der Waals surface area contributed by atoms with Gasteiger partial charge in [-0.05, 0) is 81.5 Å². The minimum absolute atomic E-state index is 0.00385. The molecule has 4 nitrogen and oxygen atoms in total. The zero-order valence-corrected chi connectivity index (χ0v) is 18.1. The van der Waals surface area contributed by atoms with Gasteiger partial charge >= 0.3 is 12.1 Å². The van der Waals surface area contributed by atoms with Crippen molar-refractivity contribution in [2.24, 2.45) is 17.8 Å². The minimum atomic E-state index is -5.52. The Labute approximate surface area is 188 Å². The standard InChI is InChI=1S/C23H28F6N2O2/c24-20-12-17(3-4-18(20)21(32)30-16-1-2-16)33-10-7-15-11-19(15)14-5-8-31(9-6-14)13-22(25,26)23(27,28)29/h3-4,12,14-16,19H,1-2,5-11,13H2,(H,30,32)/t15-,19-/m1/s1. The molecule has 2 saturated carbocycles. The number of carbonyl (C=O) groups excluding carboxylic acids is 1. The maximum Gasteiger partial charge on any atom is 0.454 e. The monoisotopic (exact) mass is 478 g/mol. The number of nitrogens with one attached hydrogen (secondary N) is 1. The van der Waals surface area contributed by atoms with E-state index in [9.17, 15) is 31.1 Å². The molecule has 3 aliphatic rings. The topological polar surface area (TPSA) is 41.6 Å². The molecule has 2 atom stereocenters. The van der Waals surface area contributed by atoms with Crippen LogP contribution in [0, 0.1) is 23.6 Å². The van der Waals surface area contributed by atoms with Crippen molar-refractivity contribution in [2.75, 3.05) is 26.2 Å². The molecule has 184 valence electrons. The third-order valence-corrected chi connectivity index (χ3v) is 6.91. The molecule has 3 fully saturated rings. The van der Waals surface area contributed by atoms with Crippen molar-refractivity contribution < 1.29 is 35.9 Å². The largest absolute Gasteiger partial charge is 0.493 e. The highest BCUT2D eigenvalue weighted by Crippen LogP contribution is 2.50. The van der Waals surface area contributed by atoms with Gasteiger partial charge in [-0.15, -0.1) is 0 Å². The highest BCUT2D eigenvalue weighted by molar-refractivity contribution is 5.95. The number of alkyl halides is 5. The van der Waals surface area contributed by atoms with Crippen LogP contribution in [0.5, 0.6) is 5.75 Å². The normalized spacial score (nSPS) is 24.5. The maximum atomic E-state index is 14.2. The zero-order chi connectivity index (χ0) is 23.8. The van der Waals surface area contributed by atoms with E-state index >= 15 is 0 Å². The average molecular weight is 478 g/mol. The van der Waals surface area contributed by atoms with Gasteiger partial charge < -0.3 is 10.1 Å². The first-order chi connectivity index (χ1) is 15.5. The molecule has 1 aromatic carbocycles. The van der Waals surface area contributed by atoms with Crippen LogP contribution < -0.4 is 10.1 Å². The summed E-state index contributed by atoms with van der Waals surface area (Å²) in [6.07, 6.45) is -0.688. The molecule has 1 aromatic rings. The van der Waals surface area contributed by atoms with Crippen molar-refractivity contribution in [2.45, 2.75) is 56.7 Å². The molecule has 0 spiro atoms. The van der Waals surface area contributed by atoms with Crippen LogP contribution in [0.15, 0.2) is 18.2 Å². The number of halogens is 6. The molecule has 4 rings (SSSR count). The number of nitrogens with zero attached hydrogens (tertiary/aromatic N) is 1. The number of hydrogen-bond acceptors (Lipinski definition) is 3. The molecular formula is C23H28F6N2O2. The summed E-state index contributed by atoms with van der Waals surface area (Å²) >= 11 is 0. The summed E-state index contributed by atoms with van der Waals surface area (Å²) < 4.78 is 83.5. The summed E-state index contributed by atoms with van der Waals surface area (Å²) in [6, 6.07) is 4.34. The Bertz CT molecular complexity index is 850. The van der Waals surface area contributed by atoms with Crippen molar-refractivity contribution in [1.29, 1.82) is 0 Å². The lowest BCUT2D eigenvalue weighted by Gasteiger charge is -2.34. The molecule has 0 bridgehead atoms. The SMILES string of the molecule is O=C(NC1CC1)c1ccc(OCC[C@@H]2C[C@@H]2C2CCN(CC(F)(F)C(F)(F)F)CC2)cc1F. The second-order valence-corrected chi connectivity index (χ2v) is 9.50. The Morgan fingerprint density at radius 1 is 1.09 bits per heavy atom. The Morgan fingerprint density at radius 3 is 2.39 bits per heavy atom. The van der Waals surface area contributed by atoms with E-state index in [1.807, 2.05) is 0 Å². The molecule has 1 N–H and O–H groups in total. The Kier molecular flexibility index (Phi) is 6.85. The van der Waals surface area contributed by atoms with E-state index in [0.717, 1.165) is 25.7 Å². The number of piperidine rings is 1. The molecule has 1 heterocycles. The molecule has 1 amide bonds. The first kappa shape index (κ1) is 24.2. The number of carbonyl (C=O) groups is 1. The number of rotatable bonds is 9. The van der Waals surface area contributed by atoms with Crippen LogP contribution in [0.4, 0.5) is 26.3 Å². The van der Waals surface area contributed by atoms with Gasteiger partial charge in [0.15, 0.2) is 0 Å². The van der Waals surface area contributed by atoms with Crippen molar-refractivity contribution in [3.05, 3.63) is 29.6 Å². The lowest BCUT2D eigenvalue weighted by atomic mass is 9.90.